The normalized spacial score (nSPS) is 14.3. The number of benzene rings is 1. The second-order valence-electron chi connectivity index (χ2n) is 6.55. The summed E-state index contributed by atoms with van der Waals surface area (Å²) in [4.78, 5) is 21.6. The lowest BCUT2D eigenvalue weighted by molar-refractivity contribution is -0.383. The largest absolute Gasteiger partial charge is 0.364 e. The number of piperidine rings is 1. The number of rotatable bonds is 7. The summed E-state index contributed by atoms with van der Waals surface area (Å²) < 4.78 is 0. The van der Waals surface area contributed by atoms with Crippen LogP contribution in [-0.2, 0) is 12.8 Å². The molecule has 1 aliphatic heterocycles. The van der Waals surface area contributed by atoms with Gasteiger partial charge in [0.1, 0.15) is 6.33 Å². The van der Waals surface area contributed by atoms with Gasteiger partial charge in [0.15, 0.2) is 0 Å². The zero-order chi connectivity index (χ0) is 18.4. The molecule has 0 radical (unpaired) electrons. The Morgan fingerprint density at radius 3 is 2.46 bits per heavy atom. The van der Waals surface area contributed by atoms with E-state index in [0.717, 1.165) is 45.2 Å². The molecule has 7 nitrogen and oxygen atoms in total. The molecule has 0 atom stereocenters. The van der Waals surface area contributed by atoms with Crippen LogP contribution in [0.25, 0.3) is 0 Å². The summed E-state index contributed by atoms with van der Waals surface area (Å²) in [6, 6.07) is 8.45. The van der Waals surface area contributed by atoms with E-state index in [9.17, 15) is 10.1 Å². The zero-order valence-electron chi connectivity index (χ0n) is 15.1. The SMILES string of the molecule is CCc1ccc(CCNc2ncnc(N3CCCCC3)c2[N+](=O)[O-])cc1. The number of aromatic nitrogens is 2. The highest BCUT2D eigenvalue weighted by Gasteiger charge is 2.27. The van der Waals surface area contributed by atoms with Crippen LogP contribution in [0.1, 0.15) is 37.3 Å². The summed E-state index contributed by atoms with van der Waals surface area (Å²) in [6.07, 6.45) is 6.46. The maximum Gasteiger partial charge on any atom is 0.353 e. The molecule has 26 heavy (non-hydrogen) atoms. The van der Waals surface area contributed by atoms with Crippen molar-refractivity contribution < 1.29 is 4.92 Å². The molecule has 3 rings (SSSR count). The predicted molar refractivity (Wildman–Crippen MR) is 103 cm³/mol. The van der Waals surface area contributed by atoms with Crippen molar-refractivity contribution in [2.45, 2.75) is 39.0 Å². The summed E-state index contributed by atoms with van der Waals surface area (Å²) in [5.74, 6) is 0.732. The summed E-state index contributed by atoms with van der Waals surface area (Å²) >= 11 is 0. The topological polar surface area (TPSA) is 84.2 Å². The van der Waals surface area contributed by atoms with E-state index in [0.29, 0.717) is 18.2 Å². The average molecular weight is 355 g/mol. The van der Waals surface area contributed by atoms with Crippen LogP contribution in [0.2, 0.25) is 0 Å². The van der Waals surface area contributed by atoms with Crippen LogP contribution in [0.3, 0.4) is 0 Å². The van der Waals surface area contributed by atoms with E-state index < -0.39 is 0 Å². The van der Waals surface area contributed by atoms with Crippen molar-refractivity contribution in [1.82, 2.24) is 9.97 Å². The van der Waals surface area contributed by atoms with Gasteiger partial charge >= 0.3 is 5.69 Å². The molecule has 1 saturated heterocycles. The van der Waals surface area contributed by atoms with E-state index in [1.54, 1.807) is 0 Å². The highest BCUT2D eigenvalue weighted by atomic mass is 16.6. The Morgan fingerprint density at radius 1 is 1.12 bits per heavy atom. The maximum absolute atomic E-state index is 11.6. The minimum Gasteiger partial charge on any atom is -0.364 e. The van der Waals surface area contributed by atoms with Crippen molar-refractivity contribution in [3.63, 3.8) is 0 Å². The molecule has 2 aromatic rings. The first kappa shape index (κ1) is 18.1. The molecular formula is C19H25N5O2. The lowest BCUT2D eigenvalue weighted by Crippen LogP contribution is -2.31. The Labute approximate surface area is 153 Å². The van der Waals surface area contributed by atoms with Crippen molar-refractivity contribution >= 4 is 17.3 Å². The van der Waals surface area contributed by atoms with E-state index in [2.05, 4.69) is 46.5 Å². The number of nitro groups is 1. The van der Waals surface area contributed by atoms with Gasteiger partial charge in [0.25, 0.3) is 0 Å². The van der Waals surface area contributed by atoms with E-state index in [1.807, 2.05) is 4.90 Å². The summed E-state index contributed by atoms with van der Waals surface area (Å²) in [6.45, 7) is 4.33. The van der Waals surface area contributed by atoms with Crippen LogP contribution in [0.4, 0.5) is 17.3 Å². The molecule has 1 aromatic heterocycles. The zero-order valence-corrected chi connectivity index (χ0v) is 15.1. The fourth-order valence-corrected chi connectivity index (χ4v) is 3.27. The van der Waals surface area contributed by atoms with Crippen molar-refractivity contribution in [3.8, 4) is 0 Å². The van der Waals surface area contributed by atoms with Crippen LogP contribution < -0.4 is 10.2 Å². The second-order valence-corrected chi connectivity index (χ2v) is 6.55. The summed E-state index contributed by atoms with van der Waals surface area (Å²) in [5.41, 5.74) is 2.48. The molecule has 1 fully saturated rings. The second kappa shape index (κ2) is 8.60. The van der Waals surface area contributed by atoms with Gasteiger partial charge in [-0.3, -0.25) is 10.1 Å². The smallest absolute Gasteiger partial charge is 0.353 e. The fourth-order valence-electron chi connectivity index (χ4n) is 3.27. The third-order valence-electron chi connectivity index (χ3n) is 4.78. The minimum atomic E-state index is -0.373. The van der Waals surface area contributed by atoms with E-state index in [-0.39, 0.29) is 10.6 Å². The van der Waals surface area contributed by atoms with Gasteiger partial charge in [0, 0.05) is 19.6 Å². The van der Waals surface area contributed by atoms with Crippen LogP contribution in [-0.4, -0.2) is 34.5 Å². The Kier molecular flexibility index (Phi) is 5.99. The number of hydrogen-bond acceptors (Lipinski definition) is 6. The van der Waals surface area contributed by atoms with Crippen molar-refractivity contribution in [2.24, 2.45) is 0 Å². The molecule has 1 N–H and O–H groups in total. The molecule has 0 aliphatic carbocycles. The predicted octanol–water partition coefficient (Wildman–Crippen LogP) is 3.59. The molecule has 0 amide bonds. The van der Waals surface area contributed by atoms with Crippen LogP contribution >= 0.6 is 0 Å². The molecule has 1 aromatic carbocycles. The Balaban J connectivity index is 1.71. The third-order valence-corrected chi connectivity index (χ3v) is 4.78. The van der Waals surface area contributed by atoms with E-state index in [4.69, 9.17) is 0 Å². The van der Waals surface area contributed by atoms with Crippen LogP contribution in [0, 0.1) is 10.1 Å². The molecule has 0 spiro atoms. The van der Waals surface area contributed by atoms with Crippen molar-refractivity contribution in [2.75, 3.05) is 29.9 Å². The Hall–Kier alpha value is -2.70. The number of anilines is 2. The first-order valence-corrected chi connectivity index (χ1v) is 9.25. The van der Waals surface area contributed by atoms with Crippen molar-refractivity contribution in [3.05, 3.63) is 51.8 Å². The summed E-state index contributed by atoms with van der Waals surface area (Å²) in [5, 5.41) is 14.8. The summed E-state index contributed by atoms with van der Waals surface area (Å²) in [7, 11) is 0. The van der Waals surface area contributed by atoms with E-state index >= 15 is 0 Å². The number of hydrogen-bond donors (Lipinski definition) is 1. The third kappa shape index (κ3) is 4.28. The number of nitrogens with one attached hydrogen (secondary N) is 1. The molecule has 0 saturated carbocycles. The Morgan fingerprint density at radius 2 is 1.81 bits per heavy atom. The molecular weight excluding hydrogens is 330 g/mol. The first-order chi connectivity index (χ1) is 12.7. The monoisotopic (exact) mass is 355 g/mol. The first-order valence-electron chi connectivity index (χ1n) is 9.25. The lowest BCUT2D eigenvalue weighted by atomic mass is 10.1. The number of nitrogens with zero attached hydrogens (tertiary/aromatic N) is 4. The quantitative estimate of drug-likeness (QED) is 0.603. The van der Waals surface area contributed by atoms with Gasteiger partial charge < -0.3 is 10.2 Å². The van der Waals surface area contributed by atoms with Crippen molar-refractivity contribution in [1.29, 1.82) is 0 Å². The molecule has 0 unspecified atom stereocenters. The van der Waals surface area contributed by atoms with Gasteiger partial charge in [0.05, 0.1) is 4.92 Å². The maximum atomic E-state index is 11.6. The highest BCUT2D eigenvalue weighted by Crippen LogP contribution is 2.33. The molecule has 1 aliphatic rings. The highest BCUT2D eigenvalue weighted by molar-refractivity contribution is 5.70. The van der Waals surface area contributed by atoms with Crippen LogP contribution in [0.5, 0.6) is 0 Å². The fraction of sp³-hybridized carbons (Fsp3) is 0.474. The lowest BCUT2D eigenvalue weighted by Gasteiger charge is -2.27. The van der Waals surface area contributed by atoms with Gasteiger partial charge in [-0.2, -0.15) is 0 Å². The molecule has 2 heterocycles. The van der Waals surface area contributed by atoms with E-state index in [1.165, 1.54) is 17.5 Å². The standard InChI is InChI=1S/C19H25N5O2/c1-2-15-6-8-16(9-7-15)10-11-20-18-17(24(25)26)19(22-14-21-18)23-12-4-3-5-13-23/h6-9,14H,2-5,10-13H2,1H3,(H,20,21,22). The van der Waals surface area contributed by atoms with Gasteiger partial charge in [-0.05, 0) is 43.2 Å². The van der Waals surface area contributed by atoms with Gasteiger partial charge in [-0.1, -0.05) is 31.2 Å². The Bertz CT molecular complexity index is 742. The minimum absolute atomic E-state index is 0.0178. The van der Waals surface area contributed by atoms with Gasteiger partial charge in [-0.25, -0.2) is 9.97 Å². The van der Waals surface area contributed by atoms with Gasteiger partial charge in [-0.15, -0.1) is 0 Å². The molecule has 7 heteroatoms. The molecule has 0 bridgehead atoms. The van der Waals surface area contributed by atoms with Crippen LogP contribution in [0.15, 0.2) is 30.6 Å². The average Bonchev–Trinajstić information content (AvgIpc) is 2.69. The molecule has 138 valence electrons. The van der Waals surface area contributed by atoms with Gasteiger partial charge in [0.2, 0.25) is 11.6 Å². The number of aryl methyl sites for hydroxylation is 1.